The number of nitrogens with two attached hydrogens (primary N) is 1. The number of esters is 1. The van der Waals surface area contributed by atoms with Gasteiger partial charge in [-0.1, -0.05) is 18.2 Å². The average Bonchev–Trinajstić information content (AvgIpc) is 2.45. The molecule has 0 aliphatic heterocycles. The molecule has 0 saturated carbocycles. The van der Waals surface area contributed by atoms with Gasteiger partial charge >= 0.3 is 14.1 Å². The normalized spacial score (nSPS) is 12.9. The number of para-hydroxylation sites is 1. The number of hydrogen-bond acceptors (Lipinski definition) is 5. The van der Waals surface area contributed by atoms with Crippen molar-refractivity contribution in [1.29, 1.82) is 0 Å². The zero-order valence-electron chi connectivity index (χ0n) is 11.7. The zero-order chi connectivity index (χ0) is 15.0. The standard InChI is InChI=1S/C13H20N2O4P/c1-3-18-13(16)11(2)15(10-9-14)20(17)19-12-7-5-4-6-8-12/h4-8,11H,3,9-10,14H2,1-2H3/q+1/t11-/m0/s1. The minimum atomic E-state index is -2.21. The first kappa shape index (κ1) is 16.6. The number of nitrogens with zero attached hydrogens (tertiary/aromatic N) is 1. The summed E-state index contributed by atoms with van der Waals surface area (Å²) in [4.78, 5) is 11.7. The van der Waals surface area contributed by atoms with Gasteiger partial charge in [0.15, 0.2) is 11.8 Å². The molecule has 2 atom stereocenters. The molecule has 1 aromatic rings. The van der Waals surface area contributed by atoms with E-state index in [1.165, 1.54) is 4.67 Å². The van der Waals surface area contributed by atoms with E-state index in [1.807, 2.05) is 6.07 Å². The van der Waals surface area contributed by atoms with Crippen molar-refractivity contribution in [3.8, 4) is 5.75 Å². The summed E-state index contributed by atoms with van der Waals surface area (Å²) >= 11 is 0. The predicted octanol–water partition coefficient (Wildman–Crippen LogP) is 1.94. The van der Waals surface area contributed by atoms with Crippen LogP contribution in [-0.4, -0.2) is 36.4 Å². The number of rotatable bonds is 8. The van der Waals surface area contributed by atoms with E-state index in [4.69, 9.17) is 15.0 Å². The van der Waals surface area contributed by atoms with E-state index in [1.54, 1.807) is 38.1 Å². The Labute approximate surface area is 119 Å². The molecule has 20 heavy (non-hydrogen) atoms. The minimum Gasteiger partial charge on any atom is -0.465 e. The fourth-order valence-corrected chi connectivity index (χ4v) is 2.62. The molecule has 0 fully saturated rings. The first-order chi connectivity index (χ1) is 9.60. The van der Waals surface area contributed by atoms with Crippen LogP contribution in [0.5, 0.6) is 5.75 Å². The third kappa shape index (κ3) is 4.89. The highest BCUT2D eigenvalue weighted by molar-refractivity contribution is 7.36. The van der Waals surface area contributed by atoms with Crippen LogP contribution in [0.4, 0.5) is 0 Å². The van der Waals surface area contributed by atoms with Gasteiger partial charge in [-0.15, -0.1) is 0 Å². The number of carbonyl (C=O) groups excluding carboxylic acids is 1. The van der Waals surface area contributed by atoms with Gasteiger partial charge in [0.2, 0.25) is 0 Å². The van der Waals surface area contributed by atoms with Crippen LogP contribution in [0.1, 0.15) is 13.8 Å². The van der Waals surface area contributed by atoms with Crippen molar-refractivity contribution in [3.63, 3.8) is 0 Å². The second-order valence-electron chi connectivity index (χ2n) is 4.02. The highest BCUT2D eigenvalue weighted by atomic mass is 31.1. The van der Waals surface area contributed by atoms with Crippen LogP contribution in [0.25, 0.3) is 0 Å². The summed E-state index contributed by atoms with van der Waals surface area (Å²) in [5, 5.41) is 0. The number of benzene rings is 1. The fraction of sp³-hybridized carbons (Fsp3) is 0.462. The lowest BCUT2D eigenvalue weighted by molar-refractivity contribution is -0.147. The smallest absolute Gasteiger partial charge is 0.465 e. The molecule has 2 N–H and O–H groups in total. The number of carbonyl (C=O) groups is 1. The Balaban J connectivity index is 2.74. The number of ether oxygens (including phenoxy) is 1. The van der Waals surface area contributed by atoms with Gasteiger partial charge in [-0.25, -0.2) is 4.52 Å². The molecule has 0 spiro atoms. The summed E-state index contributed by atoms with van der Waals surface area (Å²) in [6.45, 7) is 4.16. The van der Waals surface area contributed by atoms with Crippen LogP contribution < -0.4 is 10.3 Å². The quantitative estimate of drug-likeness (QED) is 0.583. The molecule has 110 valence electrons. The molecule has 6 nitrogen and oxygen atoms in total. The third-order valence-electron chi connectivity index (χ3n) is 2.57. The third-order valence-corrected chi connectivity index (χ3v) is 3.90. The van der Waals surface area contributed by atoms with E-state index in [0.29, 0.717) is 5.75 Å². The van der Waals surface area contributed by atoms with E-state index in [0.717, 1.165) is 0 Å². The lowest BCUT2D eigenvalue weighted by atomic mass is 10.3. The maximum absolute atomic E-state index is 12.2. The van der Waals surface area contributed by atoms with Gasteiger partial charge in [-0.3, -0.25) is 4.79 Å². The Kier molecular flexibility index (Phi) is 7.15. The van der Waals surface area contributed by atoms with Crippen molar-refractivity contribution in [1.82, 2.24) is 4.67 Å². The second kappa shape index (κ2) is 8.64. The van der Waals surface area contributed by atoms with Crippen molar-refractivity contribution >= 4 is 14.1 Å². The van der Waals surface area contributed by atoms with Crippen molar-refractivity contribution < 1.29 is 18.6 Å². The molecular weight excluding hydrogens is 279 g/mol. The highest BCUT2D eigenvalue weighted by Crippen LogP contribution is 2.32. The summed E-state index contributed by atoms with van der Waals surface area (Å²) in [5.74, 6) is 0.0349. The number of hydrogen-bond donors (Lipinski definition) is 1. The molecule has 0 radical (unpaired) electrons. The van der Waals surface area contributed by atoms with Gasteiger partial charge in [-0.2, -0.15) is 0 Å². The molecule has 0 heterocycles. The first-order valence-electron chi connectivity index (χ1n) is 6.43. The molecule has 7 heteroatoms. The summed E-state index contributed by atoms with van der Waals surface area (Å²) in [6, 6.07) is 8.11. The van der Waals surface area contributed by atoms with Crippen LogP contribution in [-0.2, 0) is 14.1 Å². The SMILES string of the molecule is CCOC(=O)[C@H](C)N(CCN)[P+](=O)Oc1ccccc1. The van der Waals surface area contributed by atoms with Gasteiger partial charge < -0.3 is 10.5 Å². The van der Waals surface area contributed by atoms with E-state index in [-0.39, 0.29) is 19.7 Å². The van der Waals surface area contributed by atoms with E-state index >= 15 is 0 Å². The van der Waals surface area contributed by atoms with Gasteiger partial charge in [0.1, 0.15) is 0 Å². The molecule has 1 rings (SSSR count). The van der Waals surface area contributed by atoms with Gasteiger partial charge in [0, 0.05) is 11.1 Å². The minimum absolute atomic E-state index is 0.267. The molecule has 0 bridgehead atoms. The summed E-state index contributed by atoms with van der Waals surface area (Å²) in [6.07, 6.45) is 0. The van der Waals surface area contributed by atoms with Gasteiger partial charge in [0.05, 0.1) is 13.2 Å². The summed E-state index contributed by atoms with van der Waals surface area (Å²) < 4.78 is 23.9. The maximum atomic E-state index is 12.2. The molecule has 0 aliphatic carbocycles. The molecule has 1 aromatic carbocycles. The Bertz CT molecular complexity index is 441. The van der Waals surface area contributed by atoms with Crippen LogP contribution in [0, 0.1) is 0 Å². The van der Waals surface area contributed by atoms with Crippen LogP contribution in [0.3, 0.4) is 0 Å². The molecule has 0 amide bonds. The predicted molar refractivity (Wildman–Crippen MR) is 76.5 cm³/mol. The Hall–Kier alpha value is -1.49. The van der Waals surface area contributed by atoms with Crippen molar-refractivity contribution in [2.45, 2.75) is 19.9 Å². The van der Waals surface area contributed by atoms with E-state index in [2.05, 4.69) is 0 Å². The Morgan fingerprint density at radius 3 is 2.60 bits per heavy atom. The van der Waals surface area contributed by atoms with Crippen LogP contribution in [0.2, 0.25) is 0 Å². The van der Waals surface area contributed by atoms with Crippen molar-refractivity contribution in [3.05, 3.63) is 30.3 Å². The van der Waals surface area contributed by atoms with Gasteiger partial charge in [-0.05, 0) is 30.7 Å². The summed E-state index contributed by atoms with van der Waals surface area (Å²) in [5.41, 5.74) is 5.49. The Morgan fingerprint density at radius 1 is 1.40 bits per heavy atom. The van der Waals surface area contributed by atoms with Crippen LogP contribution >= 0.6 is 8.18 Å². The largest absolute Gasteiger partial charge is 0.667 e. The van der Waals surface area contributed by atoms with Gasteiger partial charge in [0.25, 0.3) is 0 Å². The lowest BCUT2D eigenvalue weighted by Gasteiger charge is -2.15. The zero-order valence-corrected chi connectivity index (χ0v) is 12.6. The van der Waals surface area contributed by atoms with Crippen molar-refractivity contribution in [2.24, 2.45) is 5.73 Å². The molecule has 1 unspecified atom stereocenters. The fourth-order valence-electron chi connectivity index (χ4n) is 1.56. The second-order valence-corrected chi connectivity index (χ2v) is 5.19. The summed E-state index contributed by atoms with van der Waals surface area (Å²) in [7, 11) is -2.21. The first-order valence-corrected chi connectivity index (χ1v) is 7.56. The molecule has 0 aliphatic rings. The monoisotopic (exact) mass is 299 g/mol. The molecule has 0 aromatic heterocycles. The highest BCUT2D eigenvalue weighted by Gasteiger charge is 2.39. The average molecular weight is 299 g/mol. The Morgan fingerprint density at radius 2 is 2.05 bits per heavy atom. The van der Waals surface area contributed by atoms with E-state index in [9.17, 15) is 9.36 Å². The lowest BCUT2D eigenvalue weighted by Crippen LogP contribution is -2.38. The molecule has 0 saturated heterocycles. The molecular formula is C13H20N2O4P+. The van der Waals surface area contributed by atoms with Crippen LogP contribution in [0.15, 0.2) is 30.3 Å². The topological polar surface area (TPSA) is 81.9 Å². The van der Waals surface area contributed by atoms with E-state index < -0.39 is 20.2 Å². The van der Waals surface area contributed by atoms with Crippen molar-refractivity contribution in [2.75, 3.05) is 19.7 Å². The maximum Gasteiger partial charge on any atom is 0.667 e.